The van der Waals surface area contributed by atoms with Crippen LogP contribution in [0.2, 0.25) is 5.02 Å². The molecule has 2 fully saturated rings. The number of hydrogen-bond acceptors (Lipinski definition) is 2. The molecule has 1 aromatic rings. The van der Waals surface area contributed by atoms with E-state index in [9.17, 15) is 4.79 Å². The maximum Gasteiger partial charge on any atom is 0.232 e. The van der Waals surface area contributed by atoms with E-state index in [4.69, 9.17) is 11.6 Å². The van der Waals surface area contributed by atoms with E-state index >= 15 is 0 Å². The number of carbonyl (C=O) groups is 1. The quantitative estimate of drug-likeness (QED) is 0.877. The number of halogens is 2. The van der Waals surface area contributed by atoms with Gasteiger partial charge in [-0.2, -0.15) is 0 Å². The highest BCUT2D eigenvalue weighted by Crippen LogP contribution is 2.44. The Hall–Kier alpha value is -0.770. The first-order valence-electron chi connectivity index (χ1n) is 6.98. The van der Waals surface area contributed by atoms with Crippen molar-refractivity contribution in [3.05, 3.63) is 29.3 Å². The molecule has 3 rings (SSSR count). The maximum absolute atomic E-state index is 12.7. The molecule has 5 heteroatoms. The van der Waals surface area contributed by atoms with E-state index in [0.717, 1.165) is 38.0 Å². The van der Waals surface area contributed by atoms with Gasteiger partial charge in [-0.1, -0.05) is 30.5 Å². The van der Waals surface area contributed by atoms with E-state index in [1.54, 1.807) is 6.07 Å². The molecule has 0 bridgehead atoms. The summed E-state index contributed by atoms with van der Waals surface area (Å²) in [6, 6.07) is 7.37. The highest BCUT2D eigenvalue weighted by molar-refractivity contribution is 6.30. The van der Waals surface area contributed by atoms with Crippen molar-refractivity contribution in [1.29, 1.82) is 0 Å². The molecule has 1 aromatic carbocycles. The summed E-state index contributed by atoms with van der Waals surface area (Å²) in [5, 5.41) is 7.10. The lowest BCUT2D eigenvalue weighted by molar-refractivity contribution is -0.128. The summed E-state index contributed by atoms with van der Waals surface area (Å²) in [5.41, 5.74) is 0.587. The van der Waals surface area contributed by atoms with Crippen LogP contribution in [0.25, 0.3) is 0 Å². The van der Waals surface area contributed by atoms with Crippen molar-refractivity contribution in [1.82, 2.24) is 5.32 Å². The van der Waals surface area contributed by atoms with Gasteiger partial charge in [0.25, 0.3) is 0 Å². The zero-order valence-electron chi connectivity index (χ0n) is 11.3. The molecule has 1 saturated heterocycles. The van der Waals surface area contributed by atoms with Gasteiger partial charge in [0, 0.05) is 17.3 Å². The lowest BCUT2D eigenvalue weighted by Gasteiger charge is -2.37. The Bertz CT molecular complexity index is 495. The van der Waals surface area contributed by atoms with Crippen LogP contribution in [0, 0.1) is 11.3 Å². The van der Waals surface area contributed by atoms with Crippen LogP contribution >= 0.6 is 24.0 Å². The molecule has 0 spiro atoms. The predicted molar refractivity (Wildman–Crippen MR) is 84.6 cm³/mol. The first-order chi connectivity index (χ1) is 9.21. The number of anilines is 1. The fourth-order valence-electron chi connectivity index (χ4n) is 3.51. The molecule has 2 aliphatic rings. The number of nitrogens with one attached hydrogen (secondary N) is 2. The molecule has 110 valence electrons. The van der Waals surface area contributed by atoms with E-state index < -0.39 is 0 Å². The van der Waals surface area contributed by atoms with Crippen molar-refractivity contribution in [2.45, 2.75) is 25.7 Å². The van der Waals surface area contributed by atoms with Crippen LogP contribution in [0.5, 0.6) is 0 Å². The Morgan fingerprint density at radius 3 is 3.05 bits per heavy atom. The summed E-state index contributed by atoms with van der Waals surface area (Å²) in [6.07, 6.45) is 4.56. The van der Waals surface area contributed by atoms with Gasteiger partial charge in [0.2, 0.25) is 5.91 Å². The number of benzene rings is 1. The molecule has 0 unspecified atom stereocenters. The highest BCUT2D eigenvalue weighted by Gasteiger charge is 2.49. The summed E-state index contributed by atoms with van der Waals surface area (Å²) < 4.78 is 0. The molecule has 20 heavy (non-hydrogen) atoms. The molecular weight excluding hydrogens is 295 g/mol. The number of fused-ring (bicyclic) bond motifs is 1. The van der Waals surface area contributed by atoms with E-state index in [1.807, 2.05) is 18.2 Å². The fourth-order valence-corrected chi connectivity index (χ4v) is 3.70. The number of amides is 1. The second-order valence-electron chi connectivity index (χ2n) is 5.69. The third kappa shape index (κ3) is 2.80. The van der Waals surface area contributed by atoms with E-state index in [0.29, 0.717) is 10.9 Å². The van der Waals surface area contributed by atoms with Crippen LogP contribution in [0.3, 0.4) is 0 Å². The second kappa shape index (κ2) is 6.33. The molecule has 0 radical (unpaired) electrons. The van der Waals surface area contributed by atoms with Gasteiger partial charge in [0.1, 0.15) is 0 Å². The van der Waals surface area contributed by atoms with Crippen LogP contribution < -0.4 is 10.6 Å². The van der Waals surface area contributed by atoms with Crippen LogP contribution in [0.4, 0.5) is 5.69 Å². The molecule has 1 aliphatic carbocycles. The smallest absolute Gasteiger partial charge is 0.232 e. The highest BCUT2D eigenvalue weighted by atomic mass is 35.5. The first kappa shape index (κ1) is 15.6. The molecule has 1 heterocycles. The number of carbonyl (C=O) groups excluding carboxylic acids is 1. The second-order valence-corrected chi connectivity index (χ2v) is 6.13. The fraction of sp³-hybridized carbons (Fsp3) is 0.533. The van der Waals surface area contributed by atoms with Gasteiger partial charge in [-0.3, -0.25) is 4.79 Å². The lowest BCUT2D eigenvalue weighted by Crippen LogP contribution is -2.44. The molecular formula is C15H20Cl2N2O. The van der Waals surface area contributed by atoms with Crippen molar-refractivity contribution in [3.8, 4) is 0 Å². The summed E-state index contributed by atoms with van der Waals surface area (Å²) in [7, 11) is 0. The zero-order valence-corrected chi connectivity index (χ0v) is 12.9. The molecule has 0 aromatic heterocycles. The molecule has 2 N–H and O–H groups in total. The summed E-state index contributed by atoms with van der Waals surface area (Å²) in [5.74, 6) is 0.643. The Morgan fingerprint density at radius 2 is 2.25 bits per heavy atom. The van der Waals surface area contributed by atoms with E-state index in [-0.39, 0.29) is 23.7 Å². The molecule has 1 aliphatic heterocycles. The average Bonchev–Trinajstić information content (AvgIpc) is 2.83. The minimum absolute atomic E-state index is 0. The van der Waals surface area contributed by atoms with Crippen LogP contribution in [0.1, 0.15) is 25.7 Å². The van der Waals surface area contributed by atoms with Crippen LogP contribution in [0.15, 0.2) is 24.3 Å². The number of rotatable bonds is 2. The predicted octanol–water partition coefficient (Wildman–Crippen LogP) is 3.48. The molecule has 1 amide bonds. The summed E-state index contributed by atoms with van der Waals surface area (Å²) in [4.78, 5) is 12.7. The van der Waals surface area contributed by atoms with Crippen molar-refractivity contribution in [2.75, 3.05) is 18.4 Å². The Kier molecular flexibility index (Phi) is 4.95. The summed E-state index contributed by atoms with van der Waals surface area (Å²) in [6.45, 7) is 1.78. The molecule has 1 saturated carbocycles. The third-order valence-electron chi connectivity index (χ3n) is 4.57. The third-order valence-corrected chi connectivity index (χ3v) is 4.81. The summed E-state index contributed by atoms with van der Waals surface area (Å²) >= 11 is 5.96. The van der Waals surface area contributed by atoms with Gasteiger partial charge >= 0.3 is 0 Å². The Balaban J connectivity index is 0.00000147. The number of hydrogen-bond donors (Lipinski definition) is 2. The minimum Gasteiger partial charge on any atom is -0.326 e. The maximum atomic E-state index is 12.7. The van der Waals surface area contributed by atoms with Gasteiger partial charge in [0.15, 0.2) is 0 Å². The van der Waals surface area contributed by atoms with Gasteiger partial charge in [-0.05, 0) is 43.5 Å². The van der Waals surface area contributed by atoms with Crippen LogP contribution in [-0.2, 0) is 4.79 Å². The van der Waals surface area contributed by atoms with Crippen molar-refractivity contribution < 1.29 is 4.79 Å². The zero-order chi connectivity index (χ0) is 13.3. The minimum atomic E-state index is -0.208. The average molecular weight is 315 g/mol. The van der Waals surface area contributed by atoms with Crippen molar-refractivity contribution in [3.63, 3.8) is 0 Å². The molecule has 2 atom stereocenters. The molecule has 3 nitrogen and oxygen atoms in total. The topological polar surface area (TPSA) is 41.1 Å². The van der Waals surface area contributed by atoms with E-state index in [1.165, 1.54) is 6.42 Å². The Morgan fingerprint density at radius 1 is 1.40 bits per heavy atom. The SMILES string of the molecule is Cl.O=C(Nc1cccc(Cl)c1)[C@@]12CCCC[C@H]1CNC2. The van der Waals surface area contributed by atoms with Gasteiger partial charge in [-0.25, -0.2) is 0 Å². The van der Waals surface area contributed by atoms with Gasteiger partial charge < -0.3 is 10.6 Å². The van der Waals surface area contributed by atoms with E-state index in [2.05, 4.69) is 10.6 Å². The van der Waals surface area contributed by atoms with Gasteiger partial charge in [-0.15, -0.1) is 12.4 Å². The van der Waals surface area contributed by atoms with Crippen molar-refractivity contribution >= 4 is 35.6 Å². The Labute approximate surface area is 130 Å². The first-order valence-corrected chi connectivity index (χ1v) is 7.36. The standard InChI is InChI=1S/C15H19ClN2O.ClH/c16-12-5-3-6-13(8-12)18-14(19)15-7-2-1-4-11(15)9-17-10-15;/h3,5-6,8,11,17H,1-2,4,7,9-10H2,(H,18,19);1H/t11-,15+;/m0./s1. The van der Waals surface area contributed by atoms with Gasteiger partial charge in [0.05, 0.1) is 5.41 Å². The van der Waals surface area contributed by atoms with Crippen LogP contribution in [-0.4, -0.2) is 19.0 Å². The van der Waals surface area contributed by atoms with Crippen molar-refractivity contribution in [2.24, 2.45) is 11.3 Å². The largest absolute Gasteiger partial charge is 0.326 e. The monoisotopic (exact) mass is 314 g/mol. The lowest BCUT2D eigenvalue weighted by atomic mass is 9.67. The normalized spacial score (nSPS) is 28.4.